The third-order valence-corrected chi connectivity index (χ3v) is 4.06. The van der Waals surface area contributed by atoms with Gasteiger partial charge >= 0.3 is 0 Å². The first-order chi connectivity index (χ1) is 9.33. The van der Waals surface area contributed by atoms with Crippen molar-refractivity contribution in [2.24, 2.45) is 0 Å². The third-order valence-electron chi connectivity index (χ3n) is 4.06. The fourth-order valence-electron chi connectivity index (χ4n) is 3.01. The van der Waals surface area contributed by atoms with Gasteiger partial charge in [0.1, 0.15) is 0 Å². The number of likely N-dealkylation sites (tertiary alicyclic amines) is 1. The molecule has 19 heavy (non-hydrogen) atoms. The van der Waals surface area contributed by atoms with E-state index in [2.05, 4.69) is 46.4 Å². The van der Waals surface area contributed by atoms with Crippen molar-refractivity contribution in [2.45, 2.75) is 32.4 Å². The summed E-state index contributed by atoms with van der Waals surface area (Å²) in [5, 5.41) is 4.99. The standard InChI is InChI=1S/C16H23N3/c1-13(12-19-9-2-3-10-19)18-11-14-5-4-6-16-15(14)7-8-17-16/h4-8,13,17-18H,2-3,9-12H2,1H3. The predicted octanol–water partition coefficient (Wildman–Crippen LogP) is 2.74. The summed E-state index contributed by atoms with van der Waals surface area (Å²) in [6.07, 6.45) is 4.76. The lowest BCUT2D eigenvalue weighted by atomic mass is 10.1. The Kier molecular flexibility index (Phi) is 3.85. The Labute approximate surface area is 115 Å². The molecule has 0 spiro atoms. The summed E-state index contributed by atoms with van der Waals surface area (Å²) in [4.78, 5) is 5.83. The zero-order chi connectivity index (χ0) is 13.1. The molecule has 1 aromatic carbocycles. The Morgan fingerprint density at radius 2 is 2.11 bits per heavy atom. The Morgan fingerprint density at radius 1 is 1.26 bits per heavy atom. The molecule has 2 heterocycles. The summed E-state index contributed by atoms with van der Waals surface area (Å²) in [6.45, 7) is 6.96. The molecule has 2 aromatic rings. The molecule has 2 N–H and O–H groups in total. The Bertz CT molecular complexity index is 526. The molecule has 1 aliphatic rings. The van der Waals surface area contributed by atoms with Crippen LogP contribution < -0.4 is 5.32 Å². The number of hydrogen-bond acceptors (Lipinski definition) is 2. The normalized spacial score (nSPS) is 18.2. The van der Waals surface area contributed by atoms with Crippen LogP contribution >= 0.6 is 0 Å². The summed E-state index contributed by atoms with van der Waals surface area (Å²) in [5.41, 5.74) is 2.61. The minimum absolute atomic E-state index is 0.548. The van der Waals surface area contributed by atoms with Crippen LogP contribution in [0.15, 0.2) is 30.5 Å². The summed E-state index contributed by atoms with van der Waals surface area (Å²) >= 11 is 0. The van der Waals surface area contributed by atoms with Gasteiger partial charge in [-0.25, -0.2) is 0 Å². The molecule has 0 saturated carbocycles. The molecule has 3 heteroatoms. The van der Waals surface area contributed by atoms with E-state index in [0.29, 0.717) is 6.04 Å². The number of rotatable bonds is 5. The number of nitrogens with zero attached hydrogens (tertiary/aromatic N) is 1. The summed E-state index contributed by atoms with van der Waals surface area (Å²) < 4.78 is 0. The summed E-state index contributed by atoms with van der Waals surface area (Å²) in [5.74, 6) is 0. The molecule has 1 aliphatic heterocycles. The third kappa shape index (κ3) is 2.99. The van der Waals surface area contributed by atoms with Crippen LogP contribution in [0.2, 0.25) is 0 Å². The van der Waals surface area contributed by atoms with Crippen LogP contribution in [0.5, 0.6) is 0 Å². The van der Waals surface area contributed by atoms with Gasteiger partial charge in [-0.3, -0.25) is 0 Å². The van der Waals surface area contributed by atoms with Gasteiger partial charge in [0.25, 0.3) is 0 Å². The number of H-pyrrole nitrogens is 1. The van der Waals surface area contributed by atoms with E-state index in [1.807, 2.05) is 6.20 Å². The van der Waals surface area contributed by atoms with Crippen molar-refractivity contribution in [3.8, 4) is 0 Å². The highest BCUT2D eigenvalue weighted by atomic mass is 15.2. The first-order valence-corrected chi connectivity index (χ1v) is 7.33. The van der Waals surface area contributed by atoms with Crippen molar-refractivity contribution >= 4 is 10.9 Å². The van der Waals surface area contributed by atoms with Gasteiger partial charge in [0.15, 0.2) is 0 Å². The smallest absolute Gasteiger partial charge is 0.0457 e. The molecule has 0 bridgehead atoms. The molecule has 0 aliphatic carbocycles. The Balaban J connectivity index is 1.57. The van der Waals surface area contributed by atoms with Crippen molar-refractivity contribution in [1.29, 1.82) is 0 Å². The molecule has 1 atom stereocenters. The topological polar surface area (TPSA) is 31.1 Å². The number of hydrogen-bond donors (Lipinski definition) is 2. The lowest BCUT2D eigenvalue weighted by Gasteiger charge is -2.21. The molecule has 0 radical (unpaired) electrons. The van der Waals surface area contributed by atoms with Crippen LogP contribution in [0.25, 0.3) is 10.9 Å². The van der Waals surface area contributed by atoms with Gasteiger partial charge in [0, 0.05) is 36.2 Å². The highest BCUT2D eigenvalue weighted by molar-refractivity contribution is 5.82. The van der Waals surface area contributed by atoms with Crippen molar-refractivity contribution < 1.29 is 0 Å². The maximum absolute atomic E-state index is 3.65. The highest BCUT2D eigenvalue weighted by Gasteiger charge is 2.14. The fourth-order valence-corrected chi connectivity index (χ4v) is 3.01. The SMILES string of the molecule is CC(CN1CCCC1)NCc1cccc2[nH]ccc12. The molecule has 102 valence electrons. The minimum Gasteiger partial charge on any atom is -0.361 e. The van der Waals surface area contributed by atoms with Crippen LogP contribution in [-0.2, 0) is 6.54 Å². The van der Waals surface area contributed by atoms with E-state index in [1.165, 1.54) is 48.9 Å². The second-order valence-electron chi connectivity index (χ2n) is 5.65. The first kappa shape index (κ1) is 12.7. The number of fused-ring (bicyclic) bond motifs is 1. The molecule has 1 unspecified atom stereocenters. The van der Waals surface area contributed by atoms with E-state index >= 15 is 0 Å². The van der Waals surface area contributed by atoms with Gasteiger partial charge in [-0.2, -0.15) is 0 Å². The van der Waals surface area contributed by atoms with Gasteiger partial charge in [0.2, 0.25) is 0 Å². The van der Waals surface area contributed by atoms with Crippen LogP contribution in [0.4, 0.5) is 0 Å². The summed E-state index contributed by atoms with van der Waals surface area (Å²) in [7, 11) is 0. The van der Waals surface area contributed by atoms with Crippen LogP contribution in [0.3, 0.4) is 0 Å². The second kappa shape index (κ2) is 5.76. The van der Waals surface area contributed by atoms with Crippen molar-refractivity contribution in [1.82, 2.24) is 15.2 Å². The van der Waals surface area contributed by atoms with Crippen molar-refractivity contribution in [2.75, 3.05) is 19.6 Å². The maximum Gasteiger partial charge on any atom is 0.0457 e. The second-order valence-corrected chi connectivity index (χ2v) is 5.65. The lowest BCUT2D eigenvalue weighted by Crippen LogP contribution is -2.37. The zero-order valence-electron chi connectivity index (χ0n) is 11.7. The molecule has 1 saturated heterocycles. The molecule has 3 nitrogen and oxygen atoms in total. The van der Waals surface area contributed by atoms with E-state index < -0.39 is 0 Å². The monoisotopic (exact) mass is 257 g/mol. The molecular formula is C16H23N3. The first-order valence-electron chi connectivity index (χ1n) is 7.33. The van der Waals surface area contributed by atoms with E-state index in [1.54, 1.807) is 0 Å². The van der Waals surface area contributed by atoms with E-state index in [4.69, 9.17) is 0 Å². The molecule has 3 rings (SSSR count). The number of benzene rings is 1. The van der Waals surface area contributed by atoms with Crippen molar-refractivity contribution in [3.63, 3.8) is 0 Å². The largest absolute Gasteiger partial charge is 0.361 e. The molecule has 0 amide bonds. The van der Waals surface area contributed by atoms with Crippen LogP contribution in [0, 0.1) is 0 Å². The molecular weight excluding hydrogens is 234 g/mol. The number of aromatic nitrogens is 1. The molecule has 1 aromatic heterocycles. The van der Waals surface area contributed by atoms with Gasteiger partial charge in [-0.15, -0.1) is 0 Å². The average molecular weight is 257 g/mol. The average Bonchev–Trinajstić information content (AvgIpc) is 3.06. The van der Waals surface area contributed by atoms with Gasteiger partial charge in [-0.1, -0.05) is 12.1 Å². The maximum atomic E-state index is 3.65. The summed E-state index contributed by atoms with van der Waals surface area (Å²) in [6, 6.07) is 9.18. The van der Waals surface area contributed by atoms with Gasteiger partial charge < -0.3 is 15.2 Å². The predicted molar refractivity (Wildman–Crippen MR) is 80.3 cm³/mol. The van der Waals surface area contributed by atoms with E-state index in [9.17, 15) is 0 Å². The Morgan fingerprint density at radius 3 is 2.95 bits per heavy atom. The van der Waals surface area contributed by atoms with E-state index in [-0.39, 0.29) is 0 Å². The lowest BCUT2D eigenvalue weighted by molar-refractivity contribution is 0.298. The fraction of sp³-hybridized carbons (Fsp3) is 0.500. The van der Waals surface area contributed by atoms with Crippen molar-refractivity contribution in [3.05, 3.63) is 36.0 Å². The number of aromatic amines is 1. The van der Waals surface area contributed by atoms with Gasteiger partial charge in [-0.05, 0) is 50.6 Å². The van der Waals surface area contributed by atoms with Crippen LogP contribution in [-0.4, -0.2) is 35.6 Å². The Hall–Kier alpha value is -1.32. The number of nitrogens with one attached hydrogen (secondary N) is 2. The zero-order valence-corrected chi connectivity index (χ0v) is 11.7. The van der Waals surface area contributed by atoms with Crippen LogP contribution in [0.1, 0.15) is 25.3 Å². The quantitative estimate of drug-likeness (QED) is 0.863. The van der Waals surface area contributed by atoms with Gasteiger partial charge in [0.05, 0.1) is 0 Å². The van der Waals surface area contributed by atoms with E-state index in [0.717, 1.165) is 6.54 Å². The highest BCUT2D eigenvalue weighted by Crippen LogP contribution is 2.17. The minimum atomic E-state index is 0.548. The molecule has 1 fully saturated rings.